The van der Waals surface area contributed by atoms with Gasteiger partial charge in [-0.2, -0.15) is 0 Å². The number of phosphoric ester groups is 1. The molecule has 0 radical (unpaired) electrons. The third-order valence-electron chi connectivity index (χ3n) is 1.12. The van der Waals surface area contributed by atoms with E-state index in [-0.39, 0.29) is 36.2 Å². The maximum absolute atomic E-state index is 10.7. The van der Waals surface area contributed by atoms with Crippen molar-refractivity contribution in [2.75, 3.05) is 20.3 Å². The van der Waals surface area contributed by atoms with Crippen molar-refractivity contribution in [3.05, 3.63) is 0 Å². The Hall–Kier alpha value is 0.166. The Morgan fingerprint density at radius 3 is 2.05 bits per heavy atom. The van der Waals surface area contributed by atoms with Crippen LogP contribution >= 0.6 is 15.6 Å². The average molecular weight is 397 g/mol. The molecule has 0 amide bonds. The molecule has 0 aliphatic heterocycles. The Kier molecular flexibility index (Phi) is 14.3. The van der Waals surface area contributed by atoms with Crippen LogP contribution in [0.25, 0.3) is 0 Å². The van der Waals surface area contributed by atoms with Crippen molar-refractivity contribution >= 4 is 55.0 Å². The normalized spacial score (nSPS) is 14.9. The zero-order valence-electron chi connectivity index (χ0n) is 11.1. The standard InChI is InChI=1S/C4H13N3O7P2.Mg.H2O4S/c1-13-16(11,12)14-3-2-6-4(5)7-15(8,9)10;;1-5(2,3)4/h2-3H2,1H3,(H,11,12)(H5,5,6,7,8,9,10);;(H2,1,2,3,4)/q;+2;/p-2. The Balaban J connectivity index is -0.000000520. The molecule has 6 N–H and O–H groups in total. The summed E-state index contributed by atoms with van der Waals surface area (Å²) in [4.78, 5) is 29.0. The van der Waals surface area contributed by atoms with Crippen molar-refractivity contribution in [2.45, 2.75) is 0 Å². The predicted octanol–water partition coefficient (Wildman–Crippen LogP) is -2.97. The van der Waals surface area contributed by atoms with E-state index in [4.69, 9.17) is 37.9 Å². The molecule has 0 aliphatic rings. The molecule has 0 aromatic carbocycles. The molecule has 0 spiro atoms. The summed E-state index contributed by atoms with van der Waals surface area (Å²) in [5.74, 6) is -0.498. The van der Waals surface area contributed by atoms with Crippen LogP contribution in [0.3, 0.4) is 0 Å². The summed E-state index contributed by atoms with van der Waals surface area (Å²) in [5.41, 5.74) is 5.07. The van der Waals surface area contributed by atoms with E-state index in [9.17, 15) is 9.13 Å². The molecule has 1 atom stereocenters. The van der Waals surface area contributed by atoms with Crippen LogP contribution in [-0.2, 0) is 28.6 Å². The van der Waals surface area contributed by atoms with Gasteiger partial charge in [0.1, 0.15) is 0 Å². The van der Waals surface area contributed by atoms with Gasteiger partial charge in [-0.3, -0.25) is 27.5 Å². The molecule has 0 heterocycles. The first-order valence-electron chi connectivity index (χ1n) is 4.50. The van der Waals surface area contributed by atoms with E-state index in [1.54, 1.807) is 5.09 Å². The van der Waals surface area contributed by atoms with Crippen molar-refractivity contribution in [1.29, 1.82) is 0 Å². The second-order valence-electron chi connectivity index (χ2n) is 2.82. The summed E-state index contributed by atoms with van der Waals surface area (Å²) in [5, 5.41) is 1.61. The molecular formula is C4H13MgN3O11P2S. The van der Waals surface area contributed by atoms with E-state index in [1.165, 1.54) is 0 Å². The van der Waals surface area contributed by atoms with Crippen LogP contribution in [0.5, 0.6) is 0 Å². The summed E-state index contributed by atoms with van der Waals surface area (Å²) >= 11 is 0. The topological polar surface area (TPSA) is 244 Å². The largest absolute Gasteiger partial charge is 2.00 e. The van der Waals surface area contributed by atoms with Gasteiger partial charge in [-0.1, -0.05) is 0 Å². The Morgan fingerprint density at radius 1 is 1.32 bits per heavy atom. The van der Waals surface area contributed by atoms with Crippen LogP contribution in [-0.4, -0.2) is 81.5 Å². The fourth-order valence-electron chi connectivity index (χ4n) is 0.560. The second-order valence-corrected chi connectivity index (χ2v) is 6.50. The third kappa shape index (κ3) is 28.3. The first-order chi connectivity index (χ1) is 9.16. The summed E-state index contributed by atoms with van der Waals surface area (Å²) in [6.07, 6.45) is 0. The molecule has 0 aromatic rings. The number of hydrogen-bond acceptors (Lipinski definition) is 9. The van der Waals surface area contributed by atoms with Crippen molar-refractivity contribution in [1.82, 2.24) is 5.09 Å². The molecule has 14 nitrogen and oxygen atoms in total. The van der Waals surface area contributed by atoms with Crippen molar-refractivity contribution in [3.63, 3.8) is 0 Å². The van der Waals surface area contributed by atoms with Gasteiger partial charge in [0.2, 0.25) is 0 Å². The number of rotatable bonds is 6. The number of guanidine groups is 1. The molecule has 0 aromatic heterocycles. The maximum Gasteiger partial charge on any atom is 2.00 e. The zero-order chi connectivity index (χ0) is 17.3. The van der Waals surface area contributed by atoms with E-state index in [2.05, 4.69) is 14.0 Å². The molecular weight excluding hydrogens is 384 g/mol. The minimum absolute atomic E-state index is 0. The number of hydrogen-bond donors (Lipinski definition) is 5. The van der Waals surface area contributed by atoms with Gasteiger partial charge in [-0.05, 0) is 0 Å². The molecule has 0 saturated heterocycles. The molecule has 128 valence electrons. The van der Waals surface area contributed by atoms with Crippen LogP contribution < -0.4 is 10.8 Å². The van der Waals surface area contributed by atoms with Crippen LogP contribution in [0.1, 0.15) is 0 Å². The smallest absolute Gasteiger partial charge is 0.759 e. The number of aliphatic imine (C=N–C) groups is 1. The fourth-order valence-corrected chi connectivity index (χ4v) is 1.35. The molecule has 0 bridgehead atoms. The first-order valence-corrected chi connectivity index (χ1v) is 8.94. The van der Waals surface area contributed by atoms with Gasteiger partial charge < -0.3 is 29.5 Å². The molecule has 0 saturated carbocycles. The Bertz CT molecular complexity index is 523. The summed E-state index contributed by atoms with van der Waals surface area (Å²) in [6, 6.07) is 0. The van der Waals surface area contributed by atoms with Gasteiger partial charge in [0.15, 0.2) is 5.96 Å². The molecule has 0 aliphatic carbocycles. The van der Waals surface area contributed by atoms with E-state index < -0.39 is 31.9 Å². The Labute approximate surface area is 141 Å². The van der Waals surface area contributed by atoms with Crippen LogP contribution in [0.4, 0.5) is 0 Å². The number of nitrogens with two attached hydrogens (primary N) is 1. The van der Waals surface area contributed by atoms with E-state index >= 15 is 0 Å². The third-order valence-corrected chi connectivity index (χ3v) is 2.61. The quantitative estimate of drug-likeness (QED) is 0.0572. The Morgan fingerprint density at radius 2 is 1.73 bits per heavy atom. The first kappa shape index (κ1) is 27.0. The number of phosphoric acid groups is 1. The summed E-state index contributed by atoms with van der Waals surface area (Å²) in [6.45, 7) is -0.447. The minimum Gasteiger partial charge on any atom is -0.759 e. The second kappa shape index (κ2) is 11.7. The van der Waals surface area contributed by atoms with Gasteiger partial charge in [-0.15, -0.1) is 0 Å². The summed E-state index contributed by atoms with van der Waals surface area (Å²) in [7, 11) is -12.7. The number of nitrogens with one attached hydrogen (secondary N) is 1. The SMILES string of the molecule is COP(=O)(O)OCCN=C(N)NP(=O)(O)O.O=S(=O)([O-])[O-].[Mg+2]. The van der Waals surface area contributed by atoms with Gasteiger partial charge in [-0.25, -0.2) is 9.13 Å². The van der Waals surface area contributed by atoms with Gasteiger partial charge in [0, 0.05) is 17.5 Å². The van der Waals surface area contributed by atoms with Crippen LogP contribution in [0, 0.1) is 0 Å². The van der Waals surface area contributed by atoms with E-state index in [0.29, 0.717) is 0 Å². The summed E-state index contributed by atoms with van der Waals surface area (Å²) < 4.78 is 63.7. The van der Waals surface area contributed by atoms with Gasteiger partial charge in [0.25, 0.3) is 0 Å². The van der Waals surface area contributed by atoms with Gasteiger partial charge in [0.05, 0.1) is 13.2 Å². The minimum atomic E-state index is -5.17. The molecule has 18 heteroatoms. The van der Waals surface area contributed by atoms with Crippen molar-refractivity contribution in [3.8, 4) is 0 Å². The number of nitrogens with zero attached hydrogens (tertiary/aromatic N) is 1. The molecule has 1 unspecified atom stereocenters. The van der Waals surface area contributed by atoms with E-state index in [1.807, 2.05) is 0 Å². The maximum atomic E-state index is 10.7. The van der Waals surface area contributed by atoms with Crippen LogP contribution in [0.15, 0.2) is 4.99 Å². The van der Waals surface area contributed by atoms with Gasteiger partial charge >= 0.3 is 38.6 Å². The van der Waals surface area contributed by atoms with Crippen molar-refractivity contribution < 1.29 is 50.4 Å². The monoisotopic (exact) mass is 397 g/mol. The van der Waals surface area contributed by atoms with Crippen LogP contribution in [0.2, 0.25) is 0 Å². The molecule has 0 fully saturated rings. The zero-order valence-corrected chi connectivity index (χ0v) is 15.1. The predicted molar refractivity (Wildman–Crippen MR) is 70.7 cm³/mol. The average Bonchev–Trinajstić information content (AvgIpc) is 2.19. The van der Waals surface area contributed by atoms with Crippen molar-refractivity contribution in [2.24, 2.45) is 10.7 Å². The molecule has 22 heavy (non-hydrogen) atoms. The van der Waals surface area contributed by atoms with E-state index in [0.717, 1.165) is 7.11 Å². The fraction of sp³-hybridized carbons (Fsp3) is 0.750. The molecule has 0 rings (SSSR count).